The highest BCUT2D eigenvalue weighted by Gasteiger charge is 2.14. The Balaban J connectivity index is 2.07. The summed E-state index contributed by atoms with van der Waals surface area (Å²) in [5.41, 5.74) is 6.96. The monoisotopic (exact) mass is 286 g/mol. The molecule has 0 aliphatic carbocycles. The third-order valence-corrected chi connectivity index (χ3v) is 3.45. The number of rotatable bonds is 7. The van der Waals surface area contributed by atoms with Gasteiger partial charge in [-0.25, -0.2) is 0 Å². The van der Waals surface area contributed by atoms with Crippen LogP contribution in [-0.4, -0.2) is 36.8 Å². The van der Waals surface area contributed by atoms with Gasteiger partial charge in [0.05, 0.1) is 6.61 Å². The third-order valence-electron chi connectivity index (χ3n) is 3.45. The maximum absolute atomic E-state index is 9.03. The van der Waals surface area contributed by atoms with Crippen LogP contribution in [0, 0.1) is 0 Å². The molecule has 4 heteroatoms. The molecule has 2 aromatic carbocycles. The molecule has 0 bridgehead atoms. The zero-order valence-electron chi connectivity index (χ0n) is 12.3. The van der Waals surface area contributed by atoms with E-state index in [2.05, 4.69) is 0 Å². The first-order valence-electron chi connectivity index (χ1n) is 7.08. The van der Waals surface area contributed by atoms with E-state index in [1.54, 1.807) is 0 Å². The fourth-order valence-electron chi connectivity index (χ4n) is 2.27. The number of aliphatic hydroxyl groups excluding tert-OH is 1. The molecule has 1 atom stereocenters. The molecule has 0 spiro atoms. The fraction of sp³-hybridized carbons (Fsp3) is 0.294. The molecule has 3 N–H and O–H groups in total. The van der Waals surface area contributed by atoms with E-state index in [1.165, 1.54) is 0 Å². The molecule has 0 aliphatic rings. The Morgan fingerprint density at radius 1 is 1.05 bits per heavy atom. The molecule has 2 rings (SSSR count). The number of hydrogen-bond acceptors (Lipinski definition) is 4. The van der Waals surface area contributed by atoms with Crippen LogP contribution < -0.4 is 10.5 Å². The second kappa shape index (κ2) is 7.78. The van der Waals surface area contributed by atoms with Crippen molar-refractivity contribution in [2.24, 2.45) is 5.73 Å². The number of benzene rings is 2. The topological polar surface area (TPSA) is 58.7 Å². The van der Waals surface area contributed by atoms with E-state index in [4.69, 9.17) is 15.6 Å². The molecule has 21 heavy (non-hydrogen) atoms. The van der Waals surface area contributed by atoms with Crippen LogP contribution in [0.25, 0.3) is 0 Å². The summed E-state index contributed by atoms with van der Waals surface area (Å²) in [7, 11) is 1.96. The number of para-hydroxylation sites is 1. The summed E-state index contributed by atoms with van der Waals surface area (Å²) in [6.07, 6.45) is 0. The number of aliphatic hydroxyl groups is 1. The lowest BCUT2D eigenvalue weighted by atomic mass is 10.1. The average molecular weight is 286 g/mol. The van der Waals surface area contributed by atoms with Crippen LogP contribution in [0.3, 0.4) is 0 Å². The van der Waals surface area contributed by atoms with Crippen LogP contribution >= 0.6 is 0 Å². The van der Waals surface area contributed by atoms with E-state index in [-0.39, 0.29) is 12.6 Å². The van der Waals surface area contributed by atoms with Crippen molar-refractivity contribution in [3.63, 3.8) is 0 Å². The molecule has 0 saturated heterocycles. The Hall–Kier alpha value is -1.88. The lowest BCUT2D eigenvalue weighted by Gasteiger charge is -2.26. The van der Waals surface area contributed by atoms with Crippen LogP contribution in [0.1, 0.15) is 11.6 Å². The molecule has 2 aromatic rings. The summed E-state index contributed by atoms with van der Waals surface area (Å²) in [4.78, 5) is 2.05. The molecule has 112 valence electrons. The minimum atomic E-state index is 0.0999. The molecule has 0 aliphatic heterocycles. The highest BCUT2D eigenvalue weighted by molar-refractivity contribution is 5.34. The molecule has 4 nitrogen and oxygen atoms in total. The molecule has 0 amide bonds. The Kier molecular flexibility index (Phi) is 5.75. The molecule has 1 unspecified atom stereocenters. The standard InChI is InChI=1S/C17H22N2O2/c1-19(11-12-20)17(13-18)14-7-9-16(10-8-14)21-15-5-3-2-4-6-15/h2-10,17,20H,11-13,18H2,1H3. The van der Waals surface area contributed by atoms with Crippen molar-refractivity contribution in [2.75, 3.05) is 26.7 Å². The molecule has 0 fully saturated rings. The van der Waals surface area contributed by atoms with Gasteiger partial charge in [0.2, 0.25) is 0 Å². The van der Waals surface area contributed by atoms with Crippen LogP contribution in [0.15, 0.2) is 54.6 Å². The summed E-state index contributed by atoms with van der Waals surface area (Å²) in [6.45, 7) is 1.24. The van der Waals surface area contributed by atoms with Crippen molar-refractivity contribution in [1.29, 1.82) is 0 Å². The SMILES string of the molecule is CN(CCO)C(CN)c1ccc(Oc2ccccc2)cc1. The fourth-order valence-corrected chi connectivity index (χ4v) is 2.27. The Morgan fingerprint density at radius 3 is 2.24 bits per heavy atom. The van der Waals surface area contributed by atoms with E-state index in [0.29, 0.717) is 13.1 Å². The van der Waals surface area contributed by atoms with Crippen LogP contribution in [0.2, 0.25) is 0 Å². The van der Waals surface area contributed by atoms with Crippen LogP contribution in [-0.2, 0) is 0 Å². The minimum absolute atomic E-state index is 0.0999. The predicted molar refractivity (Wildman–Crippen MR) is 84.5 cm³/mol. The van der Waals surface area contributed by atoms with Gasteiger partial charge < -0.3 is 15.6 Å². The summed E-state index contributed by atoms with van der Waals surface area (Å²) < 4.78 is 5.77. The van der Waals surface area contributed by atoms with Gasteiger partial charge in [-0.2, -0.15) is 0 Å². The van der Waals surface area contributed by atoms with Gasteiger partial charge in [0.25, 0.3) is 0 Å². The molecule has 0 radical (unpaired) electrons. The Morgan fingerprint density at radius 2 is 1.67 bits per heavy atom. The van der Waals surface area contributed by atoms with E-state index < -0.39 is 0 Å². The number of nitrogens with zero attached hydrogens (tertiary/aromatic N) is 1. The molecule has 0 aromatic heterocycles. The van der Waals surface area contributed by atoms with Crippen molar-refractivity contribution in [3.8, 4) is 11.5 Å². The quantitative estimate of drug-likeness (QED) is 0.820. The first-order chi connectivity index (χ1) is 10.2. The number of ether oxygens (including phenoxy) is 1. The average Bonchev–Trinajstić information content (AvgIpc) is 2.51. The van der Waals surface area contributed by atoms with E-state index in [0.717, 1.165) is 17.1 Å². The highest BCUT2D eigenvalue weighted by Crippen LogP contribution is 2.24. The second-order valence-electron chi connectivity index (χ2n) is 4.94. The number of likely N-dealkylation sites (N-methyl/N-ethyl adjacent to an activating group) is 1. The molecule has 0 heterocycles. The Labute approximate surface area is 125 Å². The van der Waals surface area contributed by atoms with Gasteiger partial charge >= 0.3 is 0 Å². The first-order valence-corrected chi connectivity index (χ1v) is 7.08. The van der Waals surface area contributed by atoms with Crippen LogP contribution in [0.4, 0.5) is 0 Å². The van der Waals surface area contributed by atoms with Crippen molar-refractivity contribution >= 4 is 0 Å². The Bertz CT molecular complexity index is 528. The third kappa shape index (κ3) is 4.29. The molecular weight excluding hydrogens is 264 g/mol. The zero-order valence-corrected chi connectivity index (χ0v) is 12.3. The molecular formula is C17H22N2O2. The predicted octanol–water partition coefficient (Wildman–Crippen LogP) is 2.40. The van der Waals surface area contributed by atoms with Crippen LogP contribution in [0.5, 0.6) is 11.5 Å². The van der Waals surface area contributed by atoms with Gasteiger partial charge in [-0.15, -0.1) is 0 Å². The zero-order chi connectivity index (χ0) is 15.1. The van der Waals surface area contributed by atoms with Gasteiger partial charge in [0.15, 0.2) is 0 Å². The van der Waals surface area contributed by atoms with Gasteiger partial charge in [0.1, 0.15) is 11.5 Å². The largest absolute Gasteiger partial charge is 0.457 e. The van der Waals surface area contributed by atoms with E-state index in [1.807, 2.05) is 66.5 Å². The minimum Gasteiger partial charge on any atom is -0.457 e. The van der Waals surface area contributed by atoms with E-state index in [9.17, 15) is 0 Å². The summed E-state index contributed by atoms with van der Waals surface area (Å²) >= 11 is 0. The van der Waals surface area contributed by atoms with Crippen molar-refractivity contribution in [3.05, 3.63) is 60.2 Å². The number of nitrogens with two attached hydrogens (primary N) is 1. The summed E-state index contributed by atoms with van der Waals surface area (Å²) in [5.74, 6) is 1.61. The van der Waals surface area contributed by atoms with Gasteiger partial charge in [-0.1, -0.05) is 30.3 Å². The lowest BCUT2D eigenvalue weighted by Crippen LogP contribution is -2.32. The first kappa shape index (κ1) is 15.5. The normalized spacial score (nSPS) is 12.4. The smallest absolute Gasteiger partial charge is 0.127 e. The lowest BCUT2D eigenvalue weighted by molar-refractivity contribution is 0.183. The molecule has 0 saturated carbocycles. The highest BCUT2D eigenvalue weighted by atomic mass is 16.5. The van der Waals surface area contributed by atoms with Crippen molar-refractivity contribution < 1.29 is 9.84 Å². The maximum Gasteiger partial charge on any atom is 0.127 e. The van der Waals surface area contributed by atoms with Crippen molar-refractivity contribution in [1.82, 2.24) is 4.90 Å². The van der Waals surface area contributed by atoms with Gasteiger partial charge in [-0.05, 0) is 36.9 Å². The van der Waals surface area contributed by atoms with Crippen molar-refractivity contribution in [2.45, 2.75) is 6.04 Å². The summed E-state index contributed by atoms with van der Waals surface area (Å²) in [5, 5.41) is 9.03. The summed E-state index contributed by atoms with van der Waals surface area (Å²) in [6, 6.07) is 17.7. The van der Waals surface area contributed by atoms with Gasteiger partial charge in [-0.3, -0.25) is 4.90 Å². The maximum atomic E-state index is 9.03. The number of hydrogen-bond donors (Lipinski definition) is 2. The van der Waals surface area contributed by atoms with Gasteiger partial charge in [0, 0.05) is 19.1 Å². The second-order valence-corrected chi connectivity index (χ2v) is 4.94. The van der Waals surface area contributed by atoms with E-state index >= 15 is 0 Å².